The minimum Gasteiger partial charge on any atom is -0.854 e. The molecule has 0 spiro atoms. The van der Waals surface area contributed by atoms with E-state index >= 15 is 0 Å². The fourth-order valence-corrected chi connectivity index (χ4v) is 1.82. The number of benzene rings is 1. The minimum absolute atomic E-state index is 0.360. The summed E-state index contributed by atoms with van der Waals surface area (Å²) in [7, 11) is 0. The van der Waals surface area contributed by atoms with Crippen LogP contribution in [-0.4, -0.2) is 5.90 Å². The lowest BCUT2D eigenvalue weighted by molar-refractivity contribution is -0.681. The maximum absolute atomic E-state index is 11.8. The molecule has 1 heterocycles. The molecule has 0 aliphatic carbocycles. The Morgan fingerprint density at radius 2 is 1.59 bits per heavy atom. The first-order valence-electron chi connectivity index (χ1n) is 4.84. The van der Waals surface area contributed by atoms with Gasteiger partial charge in [0, 0.05) is 22.2 Å². The van der Waals surface area contributed by atoms with E-state index in [1.807, 2.05) is 6.07 Å². The van der Waals surface area contributed by atoms with Gasteiger partial charge in [-0.2, -0.15) is 0 Å². The Morgan fingerprint density at radius 3 is 2.18 bits per heavy atom. The Balaban J connectivity index is 2.37. The first-order valence-corrected chi connectivity index (χ1v) is 5.59. The van der Waals surface area contributed by atoms with Gasteiger partial charge >= 0.3 is 0 Å². The van der Waals surface area contributed by atoms with Crippen molar-refractivity contribution in [2.24, 2.45) is 5.10 Å². The molecule has 1 aromatic carbocycles. The third-order valence-electron chi connectivity index (χ3n) is 2.02. The van der Waals surface area contributed by atoms with Crippen molar-refractivity contribution in [1.29, 1.82) is 0 Å². The monoisotopic (exact) mass is 266 g/mol. The zero-order valence-corrected chi connectivity index (χ0v) is 10.2. The molecule has 5 heteroatoms. The summed E-state index contributed by atoms with van der Waals surface area (Å²) >= 11 is 11.6. The molecule has 86 valence electrons. The third-order valence-corrected chi connectivity index (χ3v) is 2.45. The number of pyridine rings is 1. The van der Waals surface area contributed by atoms with E-state index in [0.717, 1.165) is 0 Å². The number of nitrogens with zero attached hydrogens (tertiary/aromatic N) is 2. The normalized spacial score (nSPS) is 11.5. The maximum atomic E-state index is 11.8. The Labute approximate surface area is 109 Å². The van der Waals surface area contributed by atoms with Crippen molar-refractivity contribution in [2.75, 3.05) is 0 Å². The van der Waals surface area contributed by atoms with Gasteiger partial charge in [0.15, 0.2) is 0 Å². The van der Waals surface area contributed by atoms with Crippen molar-refractivity contribution in [2.45, 2.75) is 0 Å². The van der Waals surface area contributed by atoms with E-state index in [9.17, 15) is 5.11 Å². The van der Waals surface area contributed by atoms with E-state index in [2.05, 4.69) is 5.10 Å². The molecule has 0 radical (unpaired) electrons. The summed E-state index contributed by atoms with van der Waals surface area (Å²) in [4.78, 5) is 0. The average Bonchev–Trinajstić information content (AvgIpc) is 2.29. The molecular weight excluding hydrogens is 259 g/mol. The molecule has 0 atom stereocenters. The summed E-state index contributed by atoms with van der Waals surface area (Å²) < 4.78 is 1.43. The lowest BCUT2D eigenvalue weighted by Gasteiger charge is -2.07. The molecule has 0 amide bonds. The summed E-state index contributed by atoms with van der Waals surface area (Å²) in [6.45, 7) is 0. The highest BCUT2D eigenvalue weighted by molar-refractivity contribution is 6.35. The first-order chi connectivity index (χ1) is 8.15. The van der Waals surface area contributed by atoms with Crippen LogP contribution in [0.25, 0.3) is 0 Å². The second-order valence-corrected chi connectivity index (χ2v) is 4.19. The van der Waals surface area contributed by atoms with Crippen LogP contribution >= 0.6 is 23.2 Å². The van der Waals surface area contributed by atoms with Crippen molar-refractivity contribution in [3.8, 4) is 0 Å². The van der Waals surface area contributed by atoms with E-state index < -0.39 is 5.90 Å². The molecule has 0 bridgehead atoms. The van der Waals surface area contributed by atoms with Gasteiger partial charge in [0.05, 0.1) is 5.90 Å². The van der Waals surface area contributed by atoms with Crippen molar-refractivity contribution in [1.82, 2.24) is 0 Å². The predicted octanol–water partition coefficient (Wildman–Crippen LogP) is 1.85. The summed E-state index contributed by atoms with van der Waals surface area (Å²) in [6.07, 6.45) is 3.34. The predicted molar refractivity (Wildman–Crippen MR) is 65.0 cm³/mol. The number of aromatic nitrogens is 1. The average molecular weight is 267 g/mol. The van der Waals surface area contributed by atoms with Crippen molar-refractivity contribution < 1.29 is 9.78 Å². The van der Waals surface area contributed by atoms with Gasteiger partial charge in [0.25, 0.3) is 0 Å². The van der Waals surface area contributed by atoms with E-state index in [4.69, 9.17) is 23.2 Å². The number of hydrogen-bond donors (Lipinski definition) is 0. The quantitative estimate of drug-likeness (QED) is 0.465. The van der Waals surface area contributed by atoms with Crippen LogP contribution in [0.1, 0.15) is 5.56 Å². The van der Waals surface area contributed by atoms with Crippen LogP contribution in [0, 0.1) is 0 Å². The Kier molecular flexibility index (Phi) is 3.61. The molecular formula is C12H8Cl2N2O. The molecule has 2 rings (SSSR count). The van der Waals surface area contributed by atoms with Gasteiger partial charge in [-0.25, -0.2) is 0 Å². The zero-order chi connectivity index (χ0) is 12.3. The molecule has 0 unspecified atom stereocenters. The van der Waals surface area contributed by atoms with Crippen LogP contribution in [0.3, 0.4) is 0 Å². The topological polar surface area (TPSA) is 39.3 Å². The number of halogens is 2. The van der Waals surface area contributed by atoms with E-state index in [0.29, 0.717) is 15.6 Å². The molecule has 0 saturated carbocycles. The van der Waals surface area contributed by atoms with E-state index in [-0.39, 0.29) is 0 Å². The minimum atomic E-state index is -0.398. The lowest BCUT2D eigenvalue weighted by Crippen LogP contribution is -2.33. The van der Waals surface area contributed by atoms with E-state index in [1.165, 1.54) is 16.8 Å². The van der Waals surface area contributed by atoms with Gasteiger partial charge in [-0.15, -0.1) is 0 Å². The molecule has 17 heavy (non-hydrogen) atoms. The summed E-state index contributed by atoms with van der Waals surface area (Å²) in [6, 6.07) is 10.0. The molecule has 0 N–H and O–H groups in total. The van der Waals surface area contributed by atoms with Crippen LogP contribution in [0.4, 0.5) is 0 Å². The fourth-order valence-electron chi connectivity index (χ4n) is 1.30. The van der Waals surface area contributed by atoms with Crippen LogP contribution in [0.5, 0.6) is 0 Å². The van der Waals surface area contributed by atoms with Gasteiger partial charge in [0.2, 0.25) is 12.4 Å². The lowest BCUT2D eigenvalue weighted by atomic mass is 10.2. The van der Waals surface area contributed by atoms with Crippen LogP contribution < -0.4 is 9.78 Å². The largest absolute Gasteiger partial charge is 0.854 e. The Morgan fingerprint density at radius 1 is 1.00 bits per heavy atom. The van der Waals surface area contributed by atoms with Gasteiger partial charge < -0.3 is 5.11 Å². The molecule has 2 aromatic rings. The summed E-state index contributed by atoms with van der Waals surface area (Å²) in [5.41, 5.74) is 0.360. The Hall–Kier alpha value is -1.58. The zero-order valence-electron chi connectivity index (χ0n) is 8.68. The van der Waals surface area contributed by atoms with Crippen LogP contribution in [-0.2, 0) is 0 Å². The van der Waals surface area contributed by atoms with Crippen molar-refractivity contribution in [3.05, 3.63) is 64.4 Å². The SMILES string of the molecule is [O-]/C(=N\[n+]1ccccc1)c1cc(Cl)cc(Cl)c1. The standard InChI is InChI=1S/C12H8Cl2N2O/c13-10-6-9(7-11(14)8-10)12(17)15-16-4-2-1-3-5-16/h1-8H. The second kappa shape index (κ2) is 5.17. The highest BCUT2D eigenvalue weighted by atomic mass is 35.5. The molecule has 0 fully saturated rings. The second-order valence-electron chi connectivity index (χ2n) is 3.32. The smallest absolute Gasteiger partial charge is 0.202 e. The number of hydrogen-bond acceptors (Lipinski definition) is 2. The molecule has 0 aliphatic rings. The highest BCUT2D eigenvalue weighted by Crippen LogP contribution is 2.18. The van der Waals surface area contributed by atoms with Crippen molar-refractivity contribution in [3.63, 3.8) is 0 Å². The summed E-state index contributed by atoms with van der Waals surface area (Å²) in [5, 5.41) is 16.5. The fraction of sp³-hybridized carbons (Fsp3) is 0. The highest BCUT2D eigenvalue weighted by Gasteiger charge is 2.01. The van der Waals surface area contributed by atoms with Gasteiger partial charge in [0.1, 0.15) is 0 Å². The maximum Gasteiger partial charge on any atom is 0.202 e. The van der Waals surface area contributed by atoms with Gasteiger partial charge in [-0.3, -0.25) is 0 Å². The molecule has 3 nitrogen and oxygen atoms in total. The first kappa shape index (κ1) is 11.9. The molecule has 0 aliphatic heterocycles. The molecule has 0 saturated heterocycles. The van der Waals surface area contributed by atoms with Crippen molar-refractivity contribution >= 4 is 29.1 Å². The van der Waals surface area contributed by atoms with E-state index in [1.54, 1.807) is 30.6 Å². The molecule has 1 aromatic heterocycles. The van der Waals surface area contributed by atoms with Gasteiger partial charge in [-0.1, -0.05) is 33.9 Å². The van der Waals surface area contributed by atoms with Gasteiger partial charge in [-0.05, 0) is 28.9 Å². The number of rotatable bonds is 2. The Bertz CT molecular complexity index is 535. The third kappa shape index (κ3) is 3.19. The van der Waals surface area contributed by atoms with Crippen LogP contribution in [0.15, 0.2) is 53.9 Å². The van der Waals surface area contributed by atoms with Crippen LogP contribution in [0.2, 0.25) is 10.0 Å². The summed E-state index contributed by atoms with van der Waals surface area (Å²) in [5.74, 6) is -0.398.